The number of hydrogen-bond donors (Lipinski definition) is 0. The molecule has 0 spiro atoms. The first-order valence-electron chi connectivity index (χ1n) is 4.10. The molecule has 0 saturated heterocycles. The molecule has 0 bridgehead atoms. The van der Waals surface area contributed by atoms with Crippen LogP contribution in [-0.4, -0.2) is 4.98 Å². The zero-order chi connectivity index (χ0) is 9.80. The lowest BCUT2D eigenvalue weighted by Crippen LogP contribution is -1.94. The van der Waals surface area contributed by atoms with Crippen LogP contribution < -0.4 is 4.74 Å². The molecule has 2 heterocycles. The summed E-state index contributed by atoms with van der Waals surface area (Å²) in [5.74, 6) is 0.0884. The summed E-state index contributed by atoms with van der Waals surface area (Å²) in [4.78, 5) is 3.49. The summed E-state index contributed by atoms with van der Waals surface area (Å²) in [5.41, 5.74) is 1.11. The lowest BCUT2D eigenvalue weighted by Gasteiger charge is -2.03. The molecule has 14 heavy (non-hydrogen) atoms. The van der Waals surface area contributed by atoms with E-state index in [0.29, 0.717) is 12.4 Å². The smallest absolute Gasteiger partial charge is 0.213 e. The molecule has 2 nitrogen and oxygen atoms in total. The molecule has 0 aliphatic heterocycles. The zero-order valence-corrected chi connectivity index (χ0v) is 8.13. The first-order chi connectivity index (χ1) is 6.84. The number of pyridine rings is 1. The number of ether oxygens (including phenoxy) is 1. The predicted octanol–water partition coefficient (Wildman–Crippen LogP) is 2.86. The van der Waals surface area contributed by atoms with Gasteiger partial charge in [0.25, 0.3) is 0 Å². The average molecular weight is 209 g/mol. The van der Waals surface area contributed by atoms with Gasteiger partial charge in [0.05, 0.1) is 6.20 Å². The molecule has 0 atom stereocenters. The second-order valence-electron chi connectivity index (χ2n) is 2.74. The summed E-state index contributed by atoms with van der Waals surface area (Å²) in [6.45, 7) is 0.497. The van der Waals surface area contributed by atoms with E-state index < -0.39 is 5.95 Å². The van der Waals surface area contributed by atoms with Crippen molar-refractivity contribution in [2.45, 2.75) is 6.61 Å². The van der Waals surface area contributed by atoms with Crippen LogP contribution in [0.15, 0.2) is 35.2 Å². The predicted molar refractivity (Wildman–Crippen MR) is 52.8 cm³/mol. The third kappa shape index (κ3) is 2.29. The van der Waals surface area contributed by atoms with Crippen molar-refractivity contribution in [2.24, 2.45) is 0 Å². The molecule has 0 radical (unpaired) electrons. The Morgan fingerprint density at radius 1 is 1.36 bits per heavy atom. The van der Waals surface area contributed by atoms with E-state index in [0.717, 1.165) is 5.56 Å². The SMILES string of the molecule is Fc1ccc(OCc2ccsc2)cn1. The first-order valence-corrected chi connectivity index (χ1v) is 5.04. The molecular formula is C10H8FNOS. The van der Waals surface area contributed by atoms with Gasteiger partial charge in [-0.3, -0.25) is 0 Å². The number of hydrogen-bond acceptors (Lipinski definition) is 3. The zero-order valence-electron chi connectivity index (χ0n) is 7.31. The van der Waals surface area contributed by atoms with E-state index in [2.05, 4.69) is 4.98 Å². The summed E-state index contributed by atoms with van der Waals surface area (Å²) in [5, 5.41) is 4.00. The fourth-order valence-electron chi connectivity index (χ4n) is 0.989. The van der Waals surface area contributed by atoms with Crippen LogP contribution in [0.4, 0.5) is 4.39 Å². The molecule has 2 rings (SSSR count). The van der Waals surface area contributed by atoms with Crippen LogP contribution in [-0.2, 0) is 6.61 Å². The van der Waals surface area contributed by atoms with E-state index in [9.17, 15) is 4.39 Å². The van der Waals surface area contributed by atoms with Crippen molar-refractivity contribution in [1.82, 2.24) is 4.98 Å². The second kappa shape index (κ2) is 4.19. The largest absolute Gasteiger partial charge is 0.487 e. The van der Waals surface area contributed by atoms with Crippen LogP contribution in [0, 0.1) is 5.95 Å². The number of halogens is 1. The lowest BCUT2D eigenvalue weighted by atomic mass is 10.4. The number of rotatable bonds is 3. The number of aromatic nitrogens is 1. The average Bonchev–Trinajstić information content (AvgIpc) is 2.70. The Morgan fingerprint density at radius 2 is 2.29 bits per heavy atom. The molecule has 2 aromatic rings. The normalized spacial score (nSPS) is 10.1. The van der Waals surface area contributed by atoms with Crippen LogP contribution >= 0.6 is 11.3 Å². The lowest BCUT2D eigenvalue weighted by molar-refractivity contribution is 0.304. The Labute approximate surface area is 85.0 Å². The van der Waals surface area contributed by atoms with Crippen molar-refractivity contribution in [3.63, 3.8) is 0 Å². The van der Waals surface area contributed by atoms with Gasteiger partial charge in [-0.25, -0.2) is 4.98 Å². The molecule has 0 aromatic carbocycles. The minimum atomic E-state index is -0.493. The molecule has 0 amide bonds. The quantitative estimate of drug-likeness (QED) is 0.725. The summed E-state index contributed by atoms with van der Waals surface area (Å²) >= 11 is 1.62. The number of nitrogens with zero attached hydrogens (tertiary/aromatic N) is 1. The van der Waals surface area contributed by atoms with Gasteiger partial charge in [-0.15, -0.1) is 0 Å². The topological polar surface area (TPSA) is 22.1 Å². The van der Waals surface area contributed by atoms with Crippen LogP contribution in [0.25, 0.3) is 0 Å². The van der Waals surface area contributed by atoms with Crippen molar-refractivity contribution >= 4 is 11.3 Å². The van der Waals surface area contributed by atoms with E-state index in [1.54, 1.807) is 17.4 Å². The fraction of sp³-hybridized carbons (Fsp3) is 0.100. The Morgan fingerprint density at radius 3 is 2.93 bits per heavy atom. The van der Waals surface area contributed by atoms with Crippen molar-refractivity contribution < 1.29 is 9.13 Å². The van der Waals surface area contributed by atoms with Gasteiger partial charge in [0.2, 0.25) is 5.95 Å². The van der Waals surface area contributed by atoms with Crippen LogP contribution in [0.1, 0.15) is 5.56 Å². The fourth-order valence-corrected chi connectivity index (χ4v) is 1.64. The molecule has 0 fully saturated rings. The van der Waals surface area contributed by atoms with E-state index >= 15 is 0 Å². The Hall–Kier alpha value is -1.42. The second-order valence-corrected chi connectivity index (χ2v) is 3.52. The third-order valence-corrected chi connectivity index (χ3v) is 2.42. The minimum Gasteiger partial charge on any atom is -0.487 e. The highest BCUT2D eigenvalue weighted by Gasteiger charge is 1.97. The van der Waals surface area contributed by atoms with Crippen molar-refractivity contribution in [3.05, 3.63) is 46.7 Å². The van der Waals surface area contributed by atoms with E-state index in [1.165, 1.54) is 12.3 Å². The van der Waals surface area contributed by atoms with Crippen LogP contribution in [0.3, 0.4) is 0 Å². The Bertz CT molecular complexity index is 385. The molecular weight excluding hydrogens is 201 g/mol. The summed E-state index contributed by atoms with van der Waals surface area (Å²) < 4.78 is 17.8. The van der Waals surface area contributed by atoms with Gasteiger partial charge >= 0.3 is 0 Å². The highest BCUT2D eigenvalue weighted by molar-refractivity contribution is 7.07. The molecule has 2 aromatic heterocycles. The highest BCUT2D eigenvalue weighted by atomic mass is 32.1. The van der Waals surface area contributed by atoms with Crippen LogP contribution in [0.2, 0.25) is 0 Å². The van der Waals surface area contributed by atoms with Gasteiger partial charge in [-0.05, 0) is 34.5 Å². The van der Waals surface area contributed by atoms with Gasteiger partial charge in [0.1, 0.15) is 12.4 Å². The van der Waals surface area contributed by atoms with Gasteiger partial charge < -0.3 is 4.74 Å². The summed E-state index contributed by atoms with van der Waals surface area (Å²) in [7, 11) is 0. The number of thiophene rings is 1. The van der Waals surface area contributed by atoms with Crippen LogP contribution in [0.5, 0.6) is 5.75 Å². The molecule has 0 unspecified atom stereocenters. The maximum Gasteiger partial charge on any atom is 0.213 e. The van der Waals surface area contributed by atoms with Crippen molar-refractivity contribution in [3.8, 4) is 5.75 Å². The molecule has 0 saturated carbocycles. The molecule has 0 aliphatic rings. The molecule has 0 N–H and O–H groups in total. The maximum atomic E-state index is 12.4. The third-order valence-electron chi connectivity index (χ3n) is 1.69. The van der Waals surface area contributed by atoms with Crippen molar-refractivity contribution in [2.75, 3.05) is 0 Å². The summed E-state index contributed by atoms with van der Waals surface area (Å²) in [6, 6.07) is 4.83. The Balaban J connectivity index is 1.95. The molecule has 0 aliphatic carbocycles. The first kappa shape index (κ1) is 9.15. The molecule has 72 valence electrons. The molecule has 4 heteroatoms. The van der Waals surface area contributed by atoms with Gasteiger partial charge in [0.15, 0.2) is 0 Å². The van der Waals surface area contributed by atoms with Gasteiger partial charge in [0, 0.05) is 0 Å². The standard InChI is InChI=1S/C10H8FNOS/c11-10-2-1-9(5-12-10)13-6-8-3-4-14-7-8/h1-5,7H,6H2. The van der Waals surface area contributed by atoms with E-state index in [4.69, 9.17) is 4.74 Å². The van der Waals surface area contributed by atoms with Crippen molar-refractivity contribution in [1.29, 1.82) is 0 Å². The Kier molecular flexibility index (Phi) is 2.74. The van der Waals surface area contributed by atoms with Gasteiger partial charge in [-0.1, -0.05) is 0 Å². The van der Waals surface area contributed by atoms with Gasteiger partial charge in [-0.2, -0.15) is 15.7 Å². The highest BCUT2D eigenvalue weighted by Crippen LogP contribution is 2.12. The van der Waals surface area contributed by atoms with E-state index in [1.807, 2.05) is 16.8 Å². The van der Waals surface area contributed by atoms with E-state index in [-0.39, 0.29) is 0 Å². The summed E-state index contributed by atoms with van der Waals surface area (Å²) in [6.07, 6.45) is 1.38. The minimum absolute atomic E-state index is 0.493. The maximum absolute atomic E-state index is 12.4. The monoisotopic (exact) mass is 209 g/mol.